The van der Waals surface area contributed by atoms with Crippen LogP contribution in [-0.2, 0) is 19.0 Å². The fourth-order valence-electron chi connectivity index (χ4n) is 3.85. The first-order chi connectivity index (χ1) is 14.8. The van der Waals surface area contributed by atoms with Crippen LogP contribution in [0.4, 0.5) is 23.2 Å². The van der Waals surface area contributed by atoms with Crippen molar-refractivity contribution in [1.29, 1.82) is 0 Å². The highest BCUT2D eigenvalue weighted by atomic mass is 19.4. The predicted molar refractivity (Wildman–Crippen MR) is 107 cm³/mol. The second-order valence-electron chi connectivity index (χ2n) is 7.26. The molecule has 31 heavy (non-hydrogen) atoms. The Kier molecular flexibility index (Phi) is 5.39. The van der Waals surface area contributed by atoms with E-state index in [1.165, 1.54) is 37.5 Å². The van der Waals surface area contributed by atoms with Crippen LogP contribution < -0.4 is 10.1 Å². The van der Waals surface area contributed by atoms with Crippen molar-refractivity contribution in [3.63, 3.8) is 0 Å². The molecule has 0 bridgehead atoms. The lowest BCUT2D eigenvalue weighted by molar-refractivity contribution is -0.139. The third-order valence-corrected chi connectivity index (χ3v) is 5.28. The molecule has 0 saturated carbocycles. The van der Waals surface area contributed by atoms with Crippen LogP contribution >= 0.6 is 0 Å². The maximum absolute atomic E-state index is 14.0. The molecule has 8 heteroatoms. The molecule has 0 radical (unpaired) electrons. The number of hydrogen-bond acceptors (Lipinski definition) is 3. The summed E-state index contributed by atoms with van der Waals surface area (Å²) in [6, 6.07) is 8.14. The summed E-state index contributed by atoms with van der Waals surface area (Å²) in [6.45, 7) is 1.23. The number of pyridine rings is 1. The zero-order chi connectivity index (χ0) is 22.2. The van der Waals surface area contributed by atoms with Crippen LogP contribution in [0.2, 0.25) is 0 Å². The van der Waals surface area contributed by atoms with Gasteiger partial charge < -0.3 is 10.1 Å². The highest BCUT2D eigenvalue weighted by molar-refractivity contribution is 6.05. The van der Waals surface area contributed by atoms with Crippen LogP contribution in [0.3, 0.4) is 0 Å². The van der Waals surface area contributed by atoms with Gasteiger partial charge in [-0.15, -0.1) is 0 Å². The van der Waals surface area contributed by atoms with Gasteiger partial charge >= 0.3 is 6.18 Å². The Labute approximate surface area is 175 Å². The van der Waals surface area contributed by atoms with E-state index in [4.69, 9.17) is 4.74 Å². The summed E-state index contributed by atoms with van der Waals surface area (Å²) in [5.74, 6) is -1.30. The summed E-state index contributed by atoms with van der Waals surface area (Å²) in [6.07, 6.45) is -0.0741. The zero-order valence-corrected chi connectivity index (χ0v) is 16.5. The van der Waals surface area contributed by atoms with E-state index < -0.39 is 23.4 Å². The summed E-state index contributed by atoms with van der Waals surface area (Å²) in [5, 5.41) is 2.54. The molecule has 1 aliphatic rings. The molecule has 1 N–H and O–H groups in total. The molecule has 160 valence electrons. The number of nitrogens with one attached hydrogen (secondary N) is 1. The number of alkyl halides is 3. The lowest BCUT2D eigenvalue weighted by Gasteiger charge is -2.20. The number of hydrogen-bond donors (Lipinski definition) is 1. The first kappa shape index (κ1) is 20.8. The molecular weight excluding hydrogens is 412 g/mol. The third-order valence-electron chi connectivity index (χ3n) is 5.28. The van der Waals surface area contributed by atoms with Gasteiger partial charge in [-0.1, -0.05) is 0 Å². The second-order valence-corrected chi connectivity index (χ2v) is 7.26. The molecule has 4 rings (SSSR count). The van der Waals surface area contributed by atoms with Gasteiger partial charge in [-0.25, -0.2) is 4.39 Å². The van der Waals surface area contributed by atoms with Gasteiger partial charge in [-0.3, -0.25) is 9.78 Å². The van der Waals surface area contributed by atoms with Crippen LogP contribution in [0.25, 0.3) is 0 Å². The fraction of sp³-hybridized carbons (Fsp3) is 0.217. The number of carbonyl (C=O) groups is 1. The normalized spacial score (nSPS) is 13.1. The van der Waals surface area contributed by atoms with Crippen LogP contribution in [-0.4, -0.2) is 10.9 Å². The van der Waals surface area contributed by atoms with Crippen molar-refractivity contribution in [3.05, 3.63) is 82.4 Å². The average Bonchev–Trinajstić information content (AvgIpc) is 3.21. The van der Waals surface area contributed by atoms with Gasteiger partial charge in [-0.05, 0) is 73.7 Å². The summed E-state index contributed by atoms with van der Waals surface area (Å²) in [4.78, 5) is 16.5. The highest BCUT2D eigenvalue weighted by Crippen LogP contribution is 2.43. The standard InChI is InChI=1S/C23H18F4N2O2/c1-13-15(22(30)29-14-4-3-11-28-12-14)7-9-20(21(13)23(25,26)27)31-19-10-8-18(24)16-5-2-6-17(16)19/h3-4,7-12H,2,5-6H2,1H3,(H,29,30). The molecular formula is C23H18F4N2O2. The predicted octanol–water partition coefficient (Wildman–Crippen LogP) is 6.08. The average molecular weight is 430 g/mol. The number of fused-ring (bicyclic) bond motifs is 1. The summed E-state index contributed by atoms with van der Waals surface area (Å²) in [5.41, 5.74) is 0.00232. The Morgan fingerprint density at radius 2 is 1.81 bits per heavy atom. The number of rotatable bonds is 4. The van der Waals surface area contributed by atoms with Crippen molar-refractivity contribution in [2.24, 2.45) is 0 Å². The lowest BCUT2D eigenvalue weighted by Crippen LogP contribution is -2.18. The molecule has 1 heterocycles. The van der Waals surface area contributed by atoms with Gasteiger partial charge in [0.1, 0.15) is 22.9 Å². The Morgan fingerprint density at radius 1 is 1.06 bits per heavy atom. The topological polar surface area (TPSA) is 51.2 Å². The van der Waals surface area contributed by atoms with Crippen LogP contribution in [0, 0.1) is 12.7 Å². The van der Waals surface area contributed by atoms with Gasteiger partial charge in [0.05, 0.1) is 11.9 Å². The number of aromatic nitrogens is 1. The SMILES string of the molecule is Cc1c(C(=O)Nc2cccnc2)ccc(Oc2ccc(F)c3c2CCC3)c1C(F)(F)F. The zero-order valence-electron chi connectivity index (χ0n) is 16.5. The van der Waals surface area contributed by atoms with Gasteiger partial charge in [0, 0.05) is 17.3 Å². The van der Waals surface area contributed by atoms with Crippen LogP contribution in [0.15, 0.2) is 48.8 Å². The monoisotopic (exact) mass is 430 g/mol. The molecule has 0 aliphatic heterocycles. The minimum absolute atomic E-state index is 0.132. The molecule has 0 atom stereocenters. The fourth-order valence-corrected chi connectivity index (χ4v) is 3.85. The third kappa shape index (κ3) is 4.10. The molecule has 0 spiro atoms. The van der Waals surface area contributed by atoms with E-state index in [2.05, 4.69) is 10.3 Å². The number of halogens is 4. The summed E-state index contributed by atoms with van der Waals surface area (Å²) >= 11 is 0. The minimum Gasteiger partial charge on any atom is -0.456 e. The molecule has 1 aromatic heterocycles. The smallest absolute Gasteiger partial charge is 0.420 e. The summed E-state index contributed by atoms with van der Waals surface area (Å²) < 4.78 is 61.4. The first-order valence-corrected chi connectivity index (χ1v) is 9.66. The van der Waals surface area contributed by atoms with Crippen LogP contribution in [0.1, 0.15) is 39.0 Å². The Bertz CT molecular complexity index is 1140. The molecule has 0 saturated heterocycles. The van der Waals surface area contributed by atoms with Crippen molar-refractivity contribution in [2.75, 3.05) is 5.32 Å². The molecule has 2 aromatic carbocycles. The number of anilines is 1. The van der Waals surface area contributed by atoms with E-state index >= 15 is 0 Å². The maximum atomic E-state index is 14.0. The first-order valence-electron chi connectivity index (χ1n) is 9.66. The van der Waals surface area contributed by atoms with Crippen molar-refractivity contribution in [3.8, 4) is 11.5 Å². The molecule has 1 aliphatic carbocycles. The van der Waals surface area contributed by atoms with E-state index in [0.717, 1.165) is 6.07 Å². The van der Waals surface area contributed by atoms with Gasteiger partial charge in [-0.2, -0.15) is 13.2 Å². The van der Waals surface area contributed by atoms with Crippen molar-refractivity contribution >= 4 is 11.6 Å². The highest BCUT2D eigenvalue weighted by Gasteiger charge is 2.38. The Morgan fingerprint density at radius 3 is 2.52 bits per heavy atom. The molecule has 0 fully saturated rings. The maximum Gasteiger partial charge on any atom is 0.420 e. The van der Waals surface area contributed by atoms with Gasteiger partial charge in [0.15, 0.2) is 0 Å². The second kappa shape index (κ2) is 8.02. The number of benzene rings is 2. The van der Waals surface area contributed by atoms with Gasteiger partial charge in [0.2, 0.25) is 0 Å². The number of carbonyl (C=O) groups excluding carboxylic acids is 1. The van der Waals surface area contributed by atoms with Crippen molar-refractivity contribution in [1.82, 2.24) is 4.98 Å². The number of nitrogens with zero attached hydrogens (tertiary/aromatic N) is 1. The summed E-state index contributed by atoms with van der Waals surface area (Å²) in [7, 11) is 0. The molecule has 4 nitrogen and oxygen atoms in total. The molecule has 3 aromatic rings. The van der Waals surface area contributed by atoms with Crippen molar-refractivity contribution in [2.45, 2.75) is 32.4 Å². The lowest BCUT2D eigenvalue weighted by atomic mass is 9.99. The Balaban J connectivity index is 1.72. The van der Waals surface area contributed by atoms with E-state index in [1.54, 1.807) is 12.1 Å². The van der Waals surface area contributed by atoms with E-state index in [9.17, 15) is 22.4 Å². The minimum atomic E-state index is -4.76. The van der Waals surface area contributed by atoms with Gasteiger partial charge in [0.25, 0.3) is 5.91 Å². The van der Waals surface area contributed by atoms with E-state index in [1.807, 2.05) is 0 Å². The number of amides is 1. The van der Waals surface area contributed by atoms with Crippen molar-refractivity contribution < 1.29 is 27.1 Å². The van der Waals surface area contributed by atoms with E-state index in [0.29, 0.717) is 36.1 Å². The molecule has 0 unspecified atom stereocenters. The number of ether oxygens (including phenoxy) is 1. The Hall–Kier alpha value is -3.42. The van der Waals surface area contributed by atoms with Crippen LogP contribution in [0.5, 0.6) is 11.5 Å². The largest absolute Gasteiger partial charge is 0.456 e. The quantitative estimate of drug-likeness (QED) is 0.511. The van der Waals surface area contributed by atoms with E-state index in [-0.39, 0.29) is 22.7 Å². The molecule has 1 amide bonds.